The predicted octanol–water partition coefficient (Wildman–Crippen LogP) is 4.23. The predicted molar refractivity (Wildman–Crippen MR) is 103 cm³/mol. The van der Waals surface area contributed by atoms with E-state index in [9.17, 15) is 0 Å². The lowest BCUT2D eigenvalue weighted by molar-refractivity contribution is 0.272. The second kappa shape index (κ2) is 9.30. The van der Waals surface area contributed by atoms with Crippen LogP contribution in [-0.4, -0.2) is 49.6 Å². The maximum atomic E-state index is 5.86. The van der Waals surface area contributed by atoms with Gasteiger partial charge in [0.15, 0.2) is 0 Å². The van der Waals surface area contributed by atoms with Crippen molar-refractivity contribution in [2.24, 2.45) is 10.2 Å². The molecule has 6 heteroatoms. The molecule has 0 atom stereocenters. The van der Waals surface area contributed by atoms with E-state index in [0.717, 1.165) is 34.3 Å². The molecule has 0 saturated heterocycles. The number of benzene rings is 2. The van der Waals surface area contributed by atoms with Gasteiger partial charge < -0.3 is 0 Å². The Morgan fingerprint density at radius 2 is 1.04 bits per heavy atom. The second-order valence-corrected chi connectivity index (χ2v) is 6.23. The third kappa shape index (κ3) is 6.60. The van der Waals surface area contributed by atoms with E-state index < -0.39 is 0 Å². The van der Waals surface area contributed by atoms with Gasteiger partial charge in [0.2, 0.25) is 0 Å². The van der Waals surface area contributed by atoms with Gasteiger partial charge in [-0.3, -0.25) is 10.0 Å². The molecule has 0 aliphatic rings. The van der Waals surface area contributed by atoms with Crippen LogP contribution in [0.2, 0.25) is 10.0 Å². The van der Waals surface area contributed by atoms with E-state index >= 15 is 0 Å². The summed E-state index contributed by atoms with van der Waals surface area (Å²) in [6.07, 6.45) is 3.63. The van der Waals surface area contributed by atoms with E-state index in [4.69, 9.17) is 23.2 Å². The molecule has 2 aromatic rings. The van der Waals surface area contributed by atoms with Crippen LogP contribution in [0.3, 0.4) is 0 Å². The van der Waals surface area contributed by atoms with E-state index in [2.05, 4.69) is 10.2 Å². The summed E-state index contributed by atoms with van der Waals surface area (Å²) in [6.45, 7) is 1.52. The molecule has 0 aliphatic carbocycles. The van der Waals surface area contributed by atoms with Crippen molar-refractivity contribution in [1.29, 1.82) is 0 Å². The zero-order chi connectivity index (χ0) is 17.4. The van der Waals surface area contributed by atoms with Crippen molar-refractivity contribution in [2.45, 2.75) is 0 Å². The van der Waals surface area contributed by atoms with E-state index in [1.165, 1.54) is 0 Å². The topological polar surface area (TPSA) is 31.2 Å². The van der Waals surface area contributed by atoms with Gasteiger partial charge in [0.05, 0.1) is 25.5 Å². The van der Waals surface area contributed by atoms with Gasteiger partial charge >= 0.3 is 0 Å². The highest BCUT2D eigenvalue weighted by molar-refractivity contribution is 6.30. The van der Waals surface area contributed by atoms with Crippen LogP contribution in [0, 0.1) is 0 Å². The molecule has 0 fully saturated rings. The van der Waals surface area contributed by atoms with Crippen LogP contribution >= 0.6 is 23.2 Å². The maximum absolute atomic E-state index is 5.86. The third-order valence-electron chi connectivity index (χ3n) is 3.30. The summed E-state index contributed by atoms with van der Waals surface area (Å²) in [4.78, 5) is 0. The standard InChI is InChI=1S/C18H20Cl2N4/c1-23(21-13-15-3-7-17(19)8-4-15)11-12-24(2)22-14-16-5-9-18(20)10-6-16/h3-10,13-14H,11-12H2,1-2H3/b21-13-,22-14-. The first-order valence-corrected chi connectivity index (χ1v) is 8.30. The van der Waals surface area contributed by atoms with Gasteiger partial charge in [0.1, 0.15) is 0 Å². The van der Waals surface area contributed by atoms with E-state index in [1.807, 2.05) is 85.1 Å². The largest absolute Gasteiger partial charge is 0.298 e. The average molecular weight is 363 g/mol. The molecular weight excluding hydrogens is 343 g/mol. The fourth-order valence-corrected chi connectivity index (χ4v) is 2.09. The Morgan fingerprint density at radius 1 is 0.708 bits per heavy atom. The lowest BCUT2D eigenvalue weighted by atomic mass is 10.2. The summed E-state index contributed by atoms with van der Waals surface area (Å²) in [6, 6.07) is 15.1. The zero-order valence-corrected chi connectivity index (χ0v) is 15.2. The Hall–Kier alpha value is -2.04. The molecule has 0 unspecified atom stereocenters. The van der Waals surface area contributed by atoms with E-state index in [0.29, 0.717) is 0 Å². The first-order valence-electron chi connectivity index (χ1n) is 7.54. The monoisotopic (exact) mass is 362 g/mol. The van der Waals surface area contributed by atoms with Crippen LogP contribution in [0.5, 0.6) is 0 Å². The Balaban J connectivity index is 1.77. The number of hydrogen-bond donors (Lipinski definition) is 0. The summed E-state index contributed by atoms with van der Waals surface area (Å²) in [7, 11) is 3.87. The van der Waals surface area contributed by atoms with Crippen molar-refractivity contribution < 1.29 is 0 Å². The average Bonchev–Trinajstić information content (AvgIpc) is 2.59. The molecular formula is C18H20Cl2N4. The molecule has 126 valence electrons. The normalized spacial score (nSPS) is 11.3. The fourth-order valence-electron chi connectivity index (χ4n) is 1.83. The second-order valence-electron chi connectivity index (χ2n) is 5.35. The highest BCUT2D eigenvalue weighted by Gasteiger charge is 1.97. The van der Waals surface area contributed by atoms with Gasteiger partial charge in [0, 0.05) is 24.1 Å². The van der Waals surface area contributed by atoms with Crippen molar-refractivity contribution in [1.82, 2.24) is 10.0 Å². The number of nitrogens with zero attached hydrogens (tertiary/aromatic N) is 4. The molecule has 4 nitrogen and oxygen atoms in total. The number of hydrazone groups is 2. The summed E-state index contributed by atoms with van der Waals surface area (Å²) in [5, 5.41) is 14.0. The fraction of sp³-hybridized carbons (Fsp3) is 0.222. The molecule has 0 heterocycles. The van der Waals surface area contributed by atoms with Crippen LogP contribution in [0.1, 0.15) is 11.1 Å². The van der Waals surface area contributed by atoms with Gasteiger partial charge in [-0.25, -0.2) is 0 Å². The number of halogens is 2. The van der Waals surface area contributed by atoms with Crippen LogP contribution in [-0.2, 0) is 0 Å². The Kier molecular flexibility index (Phi) is 7.09. The van der Waals surface area contributed by atoms with Crippen molar-refractivity contribution in [3.63, 3.8) is 0 Å². The molecule has 0 amide bonds. The quantitative estimate of drug-likeness (QED) is 0.545. The summed E-state index contributed by atoms with van der Waals surface area (Å²) in [5.74, 6) is 0. The van der Waals surface area contributed by atoms with Crippen LogP contribution in [0.15, 0.2) is 58.7 Å². The molecule has 2 aromatic carbocycles. The lowest BCUT2D eigenvalue weighted by Gasteiger charge is -2.17. The first-order chi connectivity index (χ1) is 11.5. The minimum absolute atomic E-state index is 0.723. The molecule has 0 radical (unpaired) electrons. The van der Waals surface area contributed by atoms with E-state index in [1.54, 1.807) is 0 Å². The molecule has 0 spiro atoms. The SMILES string of the molecule is CN(CCN(C)/N=C\c1ccc(Cl)cc1)/N=C\c1ccc(Cl)cc1. The number of likely N-dealkylation sites (N-methyl/N-ethyl adjacent to an activating group) is 2. The molecule has 24 heavy (non-hydrogen) atoms. The minimum atomic E-state index is 0.723. The van der Waals surface area contributed by atoms with Crippen LogP contribution in [0.4, 0.5) is 0 Å². The van der Waals surface area contributed by atoms with E-state index in [-0.39, 0.29) is 0 Å². The number of hydrogen-bond acceptors (Lipinski definition) is 4. The molecule has 0 aromatic heterocycles. The Bertz CT molecular complexity index is 620. The van der Waals surface area contributed by atoms with Crippen molar-refractivity contribution >= 4 is 35.6 Å². The van der Waals surface area contributed by atoms with Crippen molar-refractivity contribution in [2.75, 3.05) is 27.2 Å². The maximum Gasteiger partial charge on any atom is 0.0549 e. The number of rotatable bonds is 7. The zero-order valence-electron chi connectivity index (χ0n) is 13.7. The highest BCUT2D eigenvalue weighted by atomic mass is 35.5. The van der Waals surface area contributed by atoms with Crippen LogP contribution < -0.4 is 0 Å². The minimum Gasteiger partial charge on any atom is -0.298 e. The van der Waals surface area contributed by atoms with Crippen molar-refractivity contribution in [3.05, 3.63) is 69.7 Å². The van der Waals surface area contributed by atoms with Gasteiger partial charge in [-0.05, 0) is 35.4 Å². The van der Waals surface area contributed by atoms with Gasteiger partial charge in [-0.2, -0.15) is 10.2 Å². The Morgan fingerprint density at radius 3 is 1.38 bits per heavy atom. The summed E-state index contributed by atoms with van der Waals surface area (Å²) in [5.41, 5.74) is 2.03. The molecule has 2 rings (SSSR count). The third-order valence-corrected chi connectivity index (χ3v) is 3.80. The molecule has 0 N–H and O–H groups in total. The van der Waals surface area contributed by atoms with Gasteiger partial charge in [-0.15, -0.1) is 0 Å². The smallest absolute Gasteiger partial charge is 0.0549 e. The molecule has 0 bridgehead atoms. The van der Waals surface area contributed by atoms with Gasteiger partial charge in [0.25, 0.3) is 0 Å². The Labute approximate surface area is 153 Å². The molecule has 0 aliphatic heterocycles. The first kappa shape index (κ1) is 18.3. The van der Waals surface area contributed by atoms with Gasteiger partial charge in [-0.1, -0.05) is 47.5 Å². The lowest BCUT2D eigenvalue weighted by Crippen LogP contribution is -2.25. The van der Waals surface area contributed by atoms with Crippen LogP contribution in [0.25, 0.3) is 0 Å². The summed E-state index contributed by atoms with van der Waals surface area (Å²) < 4.78 is 0. The highest BCUT2D eigenvalue weighted by Crippen LogP contribution is 2.08. The summed E-state index contributed by atoms with van der Waals surface area (Å²) >= 11 is 11.7. The van der Waals surface area contributed by atoms with Crippen molar-refractivity contribution in [3.8, 4) is 0 Å². The molecule has 0 saturated carbocycles.